The van der Waals surface area contributed by atoms with Crippen LogP contribution in [-0.4, -0.2) is 23.3 Å². The molecule has 2 aromatic carbocycles. The van der Waals surface area contributed by atoms with E-state index in [-0.39, 0.29) is 23.9 Å². The van der Waals surface area contributed by atoms with Crippen LogP contribution in [0.5, 0.6) is 0 Å². The van der Waals surface area contributed by atoms with E-state index in [1.807, 2.05) is 18.2 Å². The summed E-state index contributed by atoms with van der Waals surface area (Å²) in [5, 5.41) is 2.64. The molecule has 29 heavy (non-hydrogen) atoms. The molecule has 0 saturated carbocycles. The lowest BCUT2D eigenvalue weighted by molar-refractivity contribution is 0.0736. The van der Waals surface area contributed by atoms with E-state index in [1.165, 1.54) is 11.3 Å². The van der Waals surface area contributed by atoms with Gasteiger partial charge < -0.3 is 10.2 Å². The van der Waals surface area contributed by atoms with E-state index < -0.39 is 11.6 Å². The molecule has 0 spiro atoms. The molecule has 0 aliphatic carbocycles. The maximum atomic E-state index is 13.7. The normalized spacial score (nSPS) is 13.1. The molecule has 2 amide bonds. The van der Waals surface area contributed by atoms with E-state index in [9.17, 15) is 18.4 Å². The molecule has 2 heterocycles. The predicted octanol–water partition coefficient (Wildman–Crippen LogP) is 4.15. The molecule has 4 nitrogen and oxygen atoms in total. The van der Waals surface area contributed by atoms with Crippen molar-refractivity contribution in [1.29, 1.82) is 0 Å². The van der Waals surface area contributed by atoms with E-state index in [0.717, 1.165) is 28.6 Å². The Bertz CT molecular complexity index is 1070. The van der Waals surface area contributed by atoms with Crippen LogP contribution < -0.4 is 5.32 Å². The summed E-state index contributed by atoms with van der Waals surface area (Å²) in [6.07, 6.45) is 0.685. The third kappa shape index (κ3) is 4.19. The average molecular weight is 412 g/mol. The first-order valence-electron chi connectivity index (χ1n) is 9.19. The Hall–Kier alpha value is -3.06. The van der Waals surface area contributed by atoms with Crippen molar-refractivity contribution in [2.24, 2.45) is 0 Å². The third-order valence-electron chi connectivity index (χ3n) is 4.85. The van der Waals surface area contributed by atoms with Gasteiger partial charge >= 0.3 is 0 Å². The molecule has 4 rings (SSSR count). The number of nitrogens with zero attached hydrogens (tertiary/aromatic N) is 1. The van der Waals surface area contributed by atoms with Crippen LogP contribution in [0.2, 0.25) is 0 Å². The first-order valence-corrected chi connectivity index (χ1v) is 10.0. The number of nitrogens with one attached hydrogen (secondary N) is 1. The fourth-order valence-electron chi connectivity index (χ4n) is 3.32. The van der Waals surface area contributed by atoms with Crippen molar-refractivity contribution in [3.05, 3.63) is 92.7 Å². The largest absolute Gasteiger partial charge is 0.347 e. The summed E-state index contributed by atoms with van der Waals surface area (Å²) in [5.74, 6) is -1.48. The van der Waals surface area contributed by atoms with Crippen molar-refractivity contribution >= 4 is 23.2 Å². The number of thiophene rings is 1. The summed E-state index contributed by atoms with van der Waals surface area (Å²) < 4.78 is 27.0. The highest BCUT2D eigenvalue weighted by Crippen LogP contribution is 2.29. The molecular formula is C22H18F2N2O2S. The second-order valence-corrected chi connectivity index (χ2v) is 7.96. The smallest absolute Gasteiger partial charge is 0.261 e. The number of hydrogen-bond acceptors (Lipinski definition) is 3. The fraction of sp³-hybridized carbons (Fsp3) is 0.182. The summed E-state index contributed by atoms with van der Waals surface area (Å²) in [6.45, 7) is 0.950. The van der Waals surface area contributed by atoms with Crippen molar-refractivity contribution in [3.8, 4) is 0 Å². The van der Waals surface area contributed by atoms with Gasteiger partial charge in [-0.05, 0) is 48.4 Å². The molecule has 3 aromatic rings. The first-order chi connectivity index (χ1) is 14.0. The highest BCUT2D eigenvalue weighted by atomic mass is 32.1. The number of amides is 2. The number of carbonyl (C=O) groups excluding carboxylic acids is 2. The number of carbonyl (C=O) groups is 2. The monoisotopic (exact) mass is 412 g/mol. The molecule has 1 N–H and O–H groups in total. The molecule has 0 atom stereocenters. The number of fused-ring (bicyclic) bond motifs is 1. The molecule has 1 aliphatic heterocycles. The Balaban J connectivity index is 1.43. The molecular weight excluding hydrogens is 394 g/mol. The molecule has 7 heteroatoms. The third-order valence-corrected chi connectivity index (χ3v) is 6.08. The second-order valence-electron chi connectivity index (χ2n) is 6.82. The van der Waals surface area contributed by atoms with Gasteiger partial charge in [-0.25, -0.2) is 8.78 Å². The van der Waals surface area contributed by atoms with Crippen molar-refractivity contribution < 1.29 is 18.4 Å². The van der Waals surface area contributed by atoms with Gasteiger partial charge in [-0.15, -0.1) is 11.3 Å². The zero-order valence-electron chi connectivity index (χ0n) is 15.5. The maximum Gasteiger partial charge on any atom is 0.261 e. The Kier molecular flexibility index (Phi) is 5.40. The predicted molar refractivity (Wildman–Crippen MR) is 107 cm³/mol. The molecule has 0 saturated heterocycles. The van der Waals surface area contributed by atoms with Crippen LogP contribution in [-0.2, 0) is 19.5 Å². The summed E-state index contributed by atoms with van der Waals surface area (Å²) in [5.41, 5.74) is 1.69. The molecule has 1 aliphatic rings. The quantitative estimate of drug-likeness (QED) is 0.700. The van der Waals surface area contributed by atoms with Crippen LogP contribution in [0.3, 0.4) is 0 Å². The second kappa shape index (κ2) is 8.13. The highest BCUT2D eigenvalue weighted by Gasteiger charge is 2.25. The summed E-state index contributed by atoms with van der Waals surface area (Å²) in [6, 6.07) is 14.0. The van der Waals surface area contributed by atoms with E-state index in [1.54, 1.807) is 23.1 Å². The van der Waals surface area contributed by atoms with Crippen LogP contribution in [0.15, 0.2) is 54.6 Å². The van der Waals surface area contributed by atoms with Crippen molar-refractivity contribution in [1.82, 2.24) is 10.2 Å². The summed E-state index contributed by atoms with van der Waals surface area (Å²) >= 11 is 1.38. The molecule has 0 fully saturated rings. The molecule has 0 radical (unpaired) electrons. The standard InChI is InChI=1S/C22H18F2N2O2S/c23-17-6-7-18(24)15(10-17)12-25-21(27)20-11-16-13-26(9-8-19(16)29-20)22(28)14-4-2-1-3-5-14/h1-7,10-11H,8-9,12-13H2,(H,25,27). The molecule has 0 unspecified atom stereocenters. The van der Waals surface area contributed by atoms with Gasteiger partial charge in [-0.3, -0.25) is 9.59 Å². The zero-order valence-corrected chi connectivity index (χ0v) is 16.3. The number of benzene rings is 2. The van der Waals surface area contributed by atoms with E-state index in [4.69, 9.17) is 0 Å². The van der Waals surface area contributed by atoms with Gasteiger partial charge in [-0.1, -0.05) is 18.2 Å². The lowest BCUT2D eigenvalue weighted by Gasteiger charge is -2.27. The molecule has 0 bridgehead atoms. The maximum absolute atomic E-state index is 13.7. The zero-order chi connectivity index (χ0) is 20.4. The van der Waals surface area contributed by atoms with Gasteiger partial charge in [0.1, 0.15) is 11.6 Å². The minimum absolute atomic E-state index is 0.0324. The van der Waals surface area contributed by atoms with Crippen LogP contribution in [0, 0.1) is 11.6 Å². The lowest BCUT2D eigenvalue weighted by Crippen LogP contribution is -2.35. The highest BCUT2D eigenvalue weighted by molar-refractivity contribution is 7.14. The van der Waals surface area contributed by atoms with E-state index in [2.05, 4.69) is 5.32 Å². The number of rotatable bonds is 4. The van der Waals surface area contributed by atoms with Crippen LogP contribution in [0.4, 0.5) is 8.78 Å². The van der Waals surface area contributed by atoms with Crippen molar-refractivity contribution in [2.45, 2.75) is 19.5 Å². The Labute approximate surface area is 170 Å². The van der Waals surface area contributed by atoms with Gasteiger partial charge in [0.25, 0.3) is 11.8 Å². The van der Waals surface area contributed by atoms with Crippen LogP contribution in [0.25, 0.3) is 0 Å². The first kappa shape index (κ1) is 19.3. The number of hydrogen-bond donors (Lipinski definition) is 1. The van der Waals surface area contributed by atoms with Gasteiger partial charge in [0.2, 0.25) is 0 Å². The minimum atomic E-state index is -0.563. The SMILES string of the molecule is O=C(NCc1cc(F)ccc1F)c1cc2c(s1)CCN(C(=O)c1ccccc1)C2. The van der Waals surface area contributed by atoms with Crippen molar-refractivity contribution in [2.75, 3.05) is 6.54 Å². The van der Waals surface area contributed by atoms with Crippen LogP contribution in [0.1, 0.15) is 36.0 Å². The minimum Gasteiger partial charge on any atom is -0.347 e. The summed E-state index contributed by atoms with van der Waals surface area (Å²) in [4.78, 5) is 28.5. The van der Waals surface area contributed by atoms with E-state index >= 15 is 0 Å². The lowest BCUT2D eigenvalue weighted by atomic mass is 10.1. The average Bonchev–Trinajstić information content (AvgIpc) is 3.17. The number of halogens is 2. The van der Waals surface area contributed by atoms with Crippen LogP contribution >= 0.6 is 11.3 Å². The summed E-state index contributed by atoms with van der Waals surface area (Å²) in [7, 11) is 0. The fourth-order valence-corrected chi connectivity index (χ4v) is 4.40. The van der Waals surface area contributed by atoms with Gasteiger partial charge in [0.05, 0.1) is 4.88 Å². The van der Waals surface area contributed by atoms with E-state index in [0.29, 0.717) is 30.0 Å². The van der Waals surface area contributed by atoms with Crippen molar-refractivity contribution in [3.63, 3.8) is 0 Å². The Morgan fingerprint density at radius 1 is 1.07 bits per heavy atom. The Morgan fingerprint density at radius 2 is 1.86 bits per heavy atom. The molecule has 1 aromatic heterocycles. The van der Waals surface area contributed by atoms with Gasteiger partial charge in [-0.2, -0.15) is 0 Å². The Morgan fingerprint density at radius 3 is 2.66 bits per heavy atom. The molecule has 148 valence electrons. The van der Waals surface area contributed by atoms with Gasteiger partial charge in [0, 0.05) is 35.6 Å². The topological polar surface area (TPSA) is 49.4 Å². The van der Waals surface area contributed by atoms with Gasteiger partial charge in [0.15, 0.2) is 0 Å².